The molecule has 1 aliphatic carbocycles. The van der Waals surface area contributed by atoms with Gasteiger partial charge in [-0.15, -0.1) is 0 Å². The molecule has 1 fully saturated rings. The van der Waals surface area contributed by atoms with Gasteiger partial charge in [-0.1, -0.05) is 48.0 Å². The Balaban J connectivity index is 1.26. The van der Waals surface area contributed by atoms with Crippen molar-refractivity contribution in [2.45, 2.75) is 37.8 Å². The Hall–Kier alpha value is -4.88. The molecule has 1 saturated carbocycles. The van der Waals surface area contributed by atoms with Crippen LogP contribution in [-0.2, 0) is 24.6 Å². The predicted octanol–water partition coefficient (Wildman–Crippen LogP) is 6.20. The number of hydrogen-bond donors (Lipinski definition) is 2. The molecular weight excluding hydrogens is 611 g/mol. The molecule has 3 N–H and O–H groups in total. The van der Waals surface area contributed by atoms with Gasteiger partial charge in [0.05, 0.1) is 24.5 Å². The summed E-state index contributed by atoms with van der Waals surface area (Å²) in [5.41, 5.74) is 5.80. The number of nitrogens with zero attached hydrogens (tertiary/aromatic N) is 5. The van der Waals surface area contributed by atoms with Gasteiger partial charge in [-0.25, -0.2) is 4.98 Å². The number of hydrogen-bond acceptors (Lipinski definition) is 8. The number of aromatic nitrogens is 5. The van der Waals surface area contributed by atoms with Gasteiger partial charge in [-0.3, -0.25) is 9.78 Å². The summed E-state index contributed by atoms with van der Waals surface area (Å²) < 4.78 is 56.2. The molecule has 10 nitrogen and oxygen atoms in total. The van der Waals surface area contributed by atoms with Crippen LogP contribution in [0.25, 0.3) is 16.9 Å². The largest absolute Gasteiger partial charge is 0.450 e. The summed E-state index contributed by atoms with van der Waals surface area (Å²) in [5, 5.41) is 2.90. The van der Waals surface area contributed by atoms with Crippen molar-refractivity contribution < 1.29 is 22.6 Å². The smallest absolute Gasteiger partial charge is 0.417 e. The van der Waals surface area contributed by atoms with Gasteiger partial charge in [0.1, 0.15) is 21.9 Å². The number of rotatable bonds is 9. The third kappa shape index (κ3) is 6.22. The van der Waals surface area contributed by atoms with Crippen molar-refractivity contribution >= 4 is 40.2 Å². The fourth-order valence-corrected chi connectivity index (χ4v) is 5.32. The second-order valence-electron chi connectivity index (χ2n) is 10.5. The molecule has 1 aliphatic rings. The fraction of sp³-hybridized carbons (Fsp3) is 0.226. The number of benzene rings is 1. The average molecular weight is 638 g/mol. The van der Waals surface area contributed by atoms with E-state index in [2.05, 4.69) is 20.3 Å². The third-order valence-electron chi connectivity index (χ3n) is 7.50. The van der Waals surface area contributed by atoms with Gasteiger partial charge in [0, 0.05) is 31.7 Å². The van der Waals surface area contributed by atoms with E-state index in [-0.39, 0.29) is 39.9 Å². The van der Waals surface area contributed by atoms with Crippen LogP contribution >= 0.6 is 11.6 Å². The van der Waals surface area contributed by atoms with Crippen LogP contribution in [-0.4, -0.2) is 30.2 Å². The van der Waals surface area contributed by atoms with Crippen molar-refractivity contribution in [1.82, 2.24) is 24.1 Å². The van der Waals surface area contributed by atoms with Gasteiger partial charge in [-0.2, -0.15) is 18.2 Å². The zero-order valence-electron chi connectivity index (χ0n) is 23.8. The molecule has 1 aromatic carbocycles. The van der Waals surface area contributed by atoms with Crippen molar-refractivity contribution in [3.8, 4) is 5.75 Å². The van der Waals surface area contributed by atoms with Crippen LogP contribution in [0.3, 0.4) is 0 Å². The number of imidazole rings is 1. The van der Waals surface area contributed by atoms with Crippen LogP contribution in [0.1, 0.15) is 35.7 Å². The van der Waals surface area contributed by atoms with Gasteiger partial charge in [0.15, 0.2) is 17.2 Å². The van der Waals surface area contributed by atoms with Crippen LogP contribution in [0.5, 0.6) is 5.75 Å². The lowest BCUT2D eigenvalue weighted by Gasteiger charge is -2.36. The Bertz CT molecular complexity index is 1920. The molecule has 232 valence electrons. The van der Waals surface area contributed by atoms with Crippen LogP contribution < -0.4 is 21.3 Å². The number of nitrogens with one attached hydrogen (secondary N) is 1. The van der Waals surface area contributed by atoms with Gasteiger partial charge in [0.2, 0.25) is 5.95 Å². The highest BCUT2D eigenvalue weighted by Gasteiger charge is 2.37. The van der Waals surface area contributed by atoms with Gasteiger partial charge < -0.3 is 29.7 Å². The van der Waals surface area contributed by atoms with Crippen molar-refractivity contribution in [2.24, 2.45) is 12.8 Å². The van der Waals surface area contributed by atoms with Crippen LogP contribution in [0, 0.1) is 0 Å². The third-order valence-corrected chi connectivity index (χ3v) is 7.87. The van der Waals surface area contributed by atoms with E-state index in [0.29, 0.717) is 30.7 Å². The summed E-state index contributed by atoms with van der Waals surface area (Å²) in [6.07, 6.45) is 0.950. The van der Waals surface area contributed by atoms with Crippen molar-refractivity contribution in [3.63, 3.8) is 0 Å². The lowest BCUT2D eigenvalue weighted by molar-refractivity contribution is -0.138. The summed E-state index contributed by atoms with van der Waals surface area (Å²) in [6, 6.07) is 15.1. The number of fused-ring (bicyclic) bond motifs is 1. The van der Waals surface area contributed by atoms with Crippen molar-refractivity contribution in [2.75, 3.05) is 5.32 Å². The monoisotopic (exact) mass is 637 g/mol. The minimum Gasteiger partial charge on any atom is -0.450 e. The molecule has 0 saturated heterocycles. The number of nitrogens with two attached hydrogens (primary N) is 1. The first-order valence-electron chi connectivity index (χ1n) is 13.9. The molecule has 45 heavy (non-hydrogen) atoms. The number of aryl methyl sites for hydroxylation is 1. The Labute approximate surface area is 259 Å². The molecule has 0 unspecified atom stereocenters. The van der Waals surface area contributed by atoms with Crippen molar-refractivity contribution in [3.05, 3.63) is 112 Å². The molecule has 0 radical (unpaired) electrons. The molecule has 14 heteroatoms. The van der Waals surface area contributed by atoms with E-state index in [4.69, 9.17) is 26.8 Å². The molecule has 0 spiro atoms. The Morgan fingerprint density at radius 1 is 1.16 bits per heavy atom. The average Bonchev–Trinajstić information content (AvgIpc) is 3.33. The highest BCUT2D eigenvalue weighted by atomic mass is 35.5. The van der Waals surface area contributed by atoms with Gasteiger partial charge in [-0.05, 0) is 36.6 Å². The SMILES string of the molecule is Cn1c(Nc2cc(C(F)(F)F)cn(C3CC(OCc4ccccc4)C3)c2=O)nc2ncc(O/C(=C/N)c3ccccn3)c(Cl)c21. The zero-order valence-corrected chi connectivity index (χ0v) is 24.6. The maximum Gasteiger partial charge on any atom is 0.417 e. The maximum absolute atomic E-state index is 13.9. The molecule has 0 aliphatic heterocycles. The summed E-state index contributed by atoms with van der Waals surface area (Å²) in [6.45, 7) is 0.381. The summed E-state index contributed by atoms with van der Waals surface area (Å²) in [4.78, 5) is 26.4. The summed E-state index contributed by atoms with van der Waals surface area (Å²) in [7, 11) is 1.58. The predicted molar refractivity (Wildman–Crippen MR) is 163 cm³/mol. The molecule has 0 bridgehead atoms. The minimum atomic E-state index is -4.69. The van der Waals surface area contributed by atoms with E-state index in [1.54, 1.807) is 31.4 Å². The lowest BCUT2D eigenvalue weighted by Crippen LogP contribution is -2.39. The highest BCUT2D eigenvalue weighted by molar-refractivity contribution is 6.36. The molecular formula is C31H27ClF3N7O3. The second kappa shape index (κ2) is 12.3. The zero-order chi connectivity index (χ0) is 31.7. The quantitative estimate of drug-likeness (QED) is 0.183. The van der Waals surface area contributed by atoms with Crippen LogP contribution in [0.2, 0.25) is 5.02 Å². The van der Waals surface area contributed by atoms with E-state index in [9.17, 15) is 18.0 Å². The standard InChI is InChI=1S/C31H27ClF3N7O3/c1-41-27-26(32)25(45-24(14-36)22-9-5-6-10-37-22)15-38-28(27)40-30(41)39-23-11-19(31(33,34)35)16-42(29(23)43)20-12-21(13-20)44-17-18-7-3-2-4-8-18/h2-11,14-16,20-21H,12-13,17,36H2,1H3,(H,38,39,40)/b24-14+. The first-order chi connectivity index (χ1) is 21.6. The topological polar surface area (TPSA) is 122 Å². The Morgan fingerprint density at radius 3 is 2.60 bits per heavy atom. The van der Waals surface area contributed by atoms with Gasteiger partial charge in [0.25, 0.3) is 5.56 Å². The molecule has 6 rings (SSSR count). The number of alkyl halides is 3. The first-order valence-corrected chi connectivity index (χ1v) is 14.3. The van der Waals surface area contributed by atoms with Crippen LogP contribution in [0.4, 0.5) is 24.8 Å². The lowest BCUT2D eigenvalue weighted by atomic mass is 9.88. The highest BCUT2D eigenvalue weighted by Crippen LogP contribution is 2.38. The Morgan fingerprint density at radius 2 is 1.91 bits per heavy atom. The number of ether oxygens (including phenoxy) is 2. The first kappa shape index (κ1) is 30.2. The van der Waals surface area contributed by atoms with Crippen LogP contribution in [0.15, 0.2) is 84.2 Å². The molecule has 4 aromatic heterocycles. The second-order valence-corrected chi connectivity index (χ2v) is 10.9. The van der Waals surface area contributed by atoms with E-state index >= 15 is 0 Å². The van der Waals surface area contributed by atoms with Gasteiger partial charge >= 0.3 is 6.18 Å². The molecule has 0 atom stereocenters. The number of anilines is 2. The summed E-state index contributed by atoms with van der Waals surface area (Å²) in [5.74, 6) is 0.431. The summed E-state index contributed by atoms with van der Waals surface area (Å²) >= 11 is 6.67. The van der Waals surface area contributed by atoms with E-state index in [0.717, 1.165) is 22.4 Å². The fourth-order valence-electron chi connectivity index (χ4n) is 5.02. The maximum atomic E-state index is 13.9. The van der Waals surface area contributed by atoms with Crippen molar-refractivity contribution in [1.29, 1.82) is 0 Å². The number of pyridine rings is 3. The Kier molecular flexibility index (Phi) is 8.21. The minimum absolute atomic E-state index is 0.0523. The number of halogens is 4. The van der Waals surface area contributed by atoms with E-state index in [1.807, 2.05) is 30.3 Å². The van der Waals surface area contributed by atoms with E-state index in [1.165, 1.54) is 17.0 Å². The molecule has 0 amide bonds. The normalized spacial score (nSPS) is 16.9. The van der Waals surface area contributed by atoms with E-state index < -0.39 is 23.3 Å². The molecule has 4 heterocycles. The molecule has 5 aromatic rings.